The van der Waals surface area contributed by atoms with E-state index in [0.717, 1.165) is 6.42 Å². The molecular formula is C19H19ClS. The molecule has 0 radical (unpaired) electrons. The molecule has 0 fully saturated rings. The molecule has 0 saturated carbocycles. The van der Waals surface area contributed by atoms with Gasteiger partial charge >= 0.3 is 0 Å². The second-order valence-electron chi connectivity index (χ2n) is 5.39. The van der Waals surface area contributed by atoms with Gasteiger partial charge in [0.1, 0.15) is 0 Å². The normalized spacial score (nSPS) is 12.7. The van der Waals surface area contributed by atoms with Crippen molar-refractivity contribution in [1.82, 2.24) is 0 Å². The minimum Gasteiger partial charge on any atom is -0.138 e. The summed E-state index contributed by atoms with van der Waals surface area (Å²) in [6, 6.07) is 19.4. The first-order valence-electron chi connectivity index (χ1n) is 7.49. The lowest BCUT2D eigenvalue weighted by Gasteiger charge is -2.08. The number of aryl methyl sites for hydroxylation is 1. The molecule has 2 heteroatoms. The summed E-state index contributed by atoms with van der Waals surface area (Å²) in [7, 11) is 0. The van der Waals surface area contributed by atoms with Crippen LogP contribution in [0.2, 0.25) is 0 Å². The van der Waals surface area contributed by atoms with Gasteiger partial charge in [0.15, 0.2) is 0 Å². The van der Waals surface area contributed by atoms with Gasteiger partial charge in [-0.05, 0) is 41.5 Å². The fourth-order valence-corrected chi connectivity index (χ4v) is 3.94. The quantitative estimate of drug-likeness (QED) is 0.467. The molecule has 0 nitrogen and oxygen atoms in total. The van der Waals surface area contributed by atoms with Gasteiger partial charge in [0.05, 0.1) is 5.38 Å². The largest absolute Gasteiger partial charge is 0.138 e. The maximum absolute atomic E-state index is 6.67. The van der Waals surface area contributed by atoms with Crippen LogP contribution in [0.1, 0.15) is 41.1 Å². The lowest BCUT2D eigenvalue weighted by Crippen LogP contribution is -1.91. The number of alkyl halides is 1. The van der Waals surface area contributed by atoms with Crippen molar-refractivity contribution >= 4 is 33.0 Å². The van der Waals surface area contributed by atoms with Gasteiger partial charge < -0.3 is 0 Å². The zero-order chi connectivity index (χ0) is 14.7. The summed E-state index contributed by atoms with van der Waals surface area (Å²) in [5, 5.41) is 1.23. The molecule has 21 heavy (non-hydrogen) atoms. The molecule has 0 amide bonds. The highest BCUT2D eigenvalue weighted by Crippen LogP contribution is 2.37. The number of thiophene rings is 1. The number of hydrogen-bond acceptors (Lipinski definition) is 1. The number of unbranched alkanes of at least 4 members (excludes halogenated alkanes) is 1. The van der Waals surface area contributed by atoms with Crippen molar-refractivity contribution in [3.05, 3.63) is 70.6 Å². The first-order chi connectivity index (χ1) is 10.3. The monoisotopic (exact) mass is 314 g/mol. The van der Waals surface area contributed by atoms with Crippen LogP contribution >= 0.6 is 22.9 Å². The Morgan fingerprint density at radius 2 is 1.81 bits per heavy atom. The number of hydrogen-bond donors (Lipinski definition) is 0. The van der Waals surface area contributed by atoms with E-state index in [1.807, 2.05) is 0 Å². The van der Waals surface area contributed by atoms with Crippen molar-refractivity contribution in [2.45, 2.75) is 31.6 Å². The molecule has 0 N–H and O–H groups in total. The van der Waals surface area contributed by atoms with Gasteiger partial charge in [-0.3, -0.25) is 0 Å². The number of fused-ring (bicyclic) bond motifs is 1. The predicted octanol–water partition coefficient (Wildman–Crippen LogP) is 6.57. The Balaban J connectivity index is 1.82. The van der Waals surface area contributed by atoms with E-state index in [2.05, 4.69) is 61.5 Å². The first-order valence-corrected chi connectivity index (χ1v) is 8.74. The Bertz CT molecular complexity index is 679. The van der Waals surface area contributed by atoms with Gasteiger partial charge in [-0.2, -0.15) is 0 Å². The summed E-state index contributed by atoms with van der Waals surface area (Å²) in [5.74, 6) is 0. The van der Waals surface area contributed by atoms with Crippen LogP contribution in [0.3, 0.4) is 0 Å². The molecule has 108 valence electrons. The molecule has 3 rings (SSSR count). The molecule has 1 unspecified atom stereocenters. The van der Waals surface area contributed by atoms with Crippen LogP contribution < -0.4 is 0 Å². The van der Waals surface area contributed by atoms with E-state index in [0.29, 0.717) is 0 Å². The number of rotatable bonds is 5. The van der Waals surface area contributed by atoms with Gasteiger partial charge in [0, 0.05) is 9.58 Å². The molecule has 0 saturated heterocycles. The maximum atomic E-state index is 6.67. The first kappa shape index (κ1) is 14.6. The molecule has 1 heterocycles. The summed E-state index contributed by atoms with van der Waals surface area (Å²) in [4.78, 5) is 1.22. The van der Waals surface area contributed by atoms with Crippen molar-refractivity contribution in [2.75, 3.05) is 0 Å². The molecule has 0 aliphatic heterocycles. The van der Waals surface area contributed by atoms with E-state index in [9.17, 15) is 0 Å². The Labute approximate surface area is 135 Å². The molecule has 0 aliphatic carbocycles. The molecular weight excluding hydrogens is 296 g/mol. The molecule has 3 aromatic rings. The zero-order valence-electron chi connectivity index (χ0n) is 12.2. The predicted molar refractivity (Wildman–Crippen MR) is 94.6 cm³/mol. The third-order valence-corrected chi connectivity index (χ3v) is 5.58. The van der Waals surface area contributed by atoms with Crippen LogP contribution in [-0.2, 0) is 6.42 Å². The van der Waals surface area contributed by atoms with E-state index in [-0.39, 0.29) is 5.38 Å². The standard InChI is InChI=1S/C19H19ClS/c1-2-3-6-14-9-11-15(12-10-14)19(20)18-13-16-7-4-5-8-17(16)21-18/h4-5,7-13,19H,2-3,6H2,1H3. The number of benzene rings is 2. The summed E-state index contributed by atoms with van der Waals surface area (Å²) >= 11 is 8.46. The van der Waals surface area contributed by atoms with Crippen LogP contribution in [0.15, 0.2) is 54.6 Å². The summed E-state index contributed by atoms with van der Waals surface area (Å²) < 4.78 is 1.30. The number of halogens is 1. The highest BCUT2D eigenvalue weighted by molar-refractivity contribution is 7.19. The van der Waals surface area contributed by atoms with Crippen molar-refractivity contribution in [2.24, 2.45) is 0 Å². The van der Waals surface area contributed by atoms with Crippen LogP contribution in [0, 0.1) is 0 Å². The summed E-state index contributed by atoms with van der Waals surface area (Å²) in [6.45, 7) is 2.23. The van der Waals surface area contributed by atoms with Gasteiger partial charge in [-0.1, -0.05) is 55.8 Å². The smallest absolute Gasteiger partial charge is 0.0928 e. The average molecular weight is 315 g/mol. The lowest BCUT2D eigenvalue weighted by molar-refractivity contribution is 0.794. The van der Waals surface area contributed by atoms with Crippen molar-refractivity contribution in [1.29, 1.82) is 0 Å². The summed E-state index contributed by atoms with van der Waals surface area (Å²) in [6.07, 6.45) is 3.65. The molecule has 0 spiro atoms. The van der Waals surface area contributed by atoms with E-state index >= 15 is 0 Å². The highest BCUT2D eigenvalue weighted by atomic mass is 35.5. The second kappa shape index (κ2) is 6.64. The van der Waals surface area contributed by atoms with Crippen LogP contribution in [0.25, 0.3) is 10.1 Å². The van der Waals surface area contributed by atoms with E-state index < -0.39 is 0 Å². The SMILES string of the molecule is CCCCc1ccc(C(Cl)c2cc3ccccc3s2)cc1. The van der Waals surface area contributed by atoms with Crippen LogP contribution in [-0.4, -0.2) is 0 Å². The van der Waals surface area contributed by atoms with Gasteiger partial charge in [0.2, 0.25) is 0 Å². The van der Waals surface area contributed by atoms with Crippen molar-refractivity contribution < 1.29 is 0 Å². The Morgan fingerprint density at radius 1 is 1.05 bits per heavy atom. The Kier molecular flexibility index (Phi) is 4.62. The van der Waals surface area contributed by atoms with Crippen LogP contribution in [0.4, 0.5) is 0 Å². The van der Waals surface area contributed by atoms with Crippen molar-refractivity contribution in [3.8, 4) is 0 Å². The molecule has 1 atom stereocenters. The Morgan fingerprint density at radius 3 is 2.52 bits per heavy atom. The average Bonchev–Trinajstić information content (AvgIpc) is 2.96. The molecule has 2 aromatic carbocycles. The van der Waals surface area contributed by atoms with Gasteiger partial charge in [-0.15, -0.1) is 22.9 Å². The van der Waals surface area contributed by atoms with E-state index in [4.69, 9.17) is 11.6 Å². The molecule has 0 aliphatic rings. The third-order valence-electron chi connectivity index (χ3n) is 3.79. The Hall–Kier alpha value is -1.31. The molecule has 1 aromatic heterocycles. The second-order valence-corrected chi connectivity index (χ2v) is 6.95. The fraction of sp³-hybridized carbons (Fsp3) is 0.263. The van der Waals surface area contributed by atoms with Crippen molar-refractivity contribution in [3.63, 3.8) is 0 Å². The van der Waals surface area contributed by atoms with E-state index in [1.165, 1.54) is 38.9 Å². The minimum absolute atomic E-state index is 0.0531. The highest BCUT2D eigenvalue weighted by Gasteiger charge is 2.13. The minimum atomic E-state index is -0.0531. The molecule has 0 bridgehead atoms. The topological polar surface area (TPSA) is 0 Å². The van der Waals surface area contributed by atoms with Gasteiger partial charge in [-0.25, -0.2) is 0 Å². The third kappa shape index (κ3) is 3.30. The van der Waals surface area contributed by atoms with Gasteiger partial charge in [0.25, 0.3) is 0 Å². The van der Waals surface area contributed by atoms with Crippen LogP contribution in [0.5, 0.6) is 0 Å². The fourth-order valence-electron chi connectivity index (χ4n) is 2.53. The maximum Gasteiger partial charge on any atom is 0.0928 e. The lowest BCUT2D eigenvalue weighted by atomic mass is 10.0. The van der Waals surface area contributed by atoms with E-state index in [1.54, 1.807) is 11.3 Å². The zero-order valence-corrected chi connectivity index (χ0v) is 13.8. The summed E-state index contributed by atoms with van der Waals surface area (Å²) in [5.41, 5.74) is 2.59.